The molecule has 1 N–H and O–H groups in total. The topological polar surface area (TPSA) is 12.0 Å². The van der Waals surface area contributed by atoms with E-state index >= 15 is 0 Å². The van der Waals surface area contributed by atoms with E-state index in [1.54, 1.807) is 6.07 Å². The minimum absolute atomic E-state index is 0.0146. The van der Waals surface area contributed by atoms with Gasteiger partial charge in [0.1, 0.15) is 5.82 Å². The summed E-state index contributed by atoms with van der Waals surface area (Å²) in [5.41, 5.74) is 3.07. The van der Waals surface area contributed by atoms with Crippen LogP contribution in [-0.4, -0.2) is 13.1 Å². The van der Waals surface area contributed by atoms with Gasteiger partial charge in [-0.2, -0.15) is 0 Å². The lowest BCUT2D eigenvalue weighted by molar-refractivity contribution is 0.550. The molecule has 0 spiro atoms. The lowest BCUT2D eigenvalue weighted by Crippen LogP contribution is -2.21. The van der Waals surface area contributed by atoms with Crippen molar-refractivity contribution in [3.63, 3.8) is 0 Å². The number of hydrogen-bond donors (Lipinski definition) is 1. The van der Waals surface area contributed by atoms with Gasteiger partial charge >= 0.3 is 0 Å². The van der Waals surface area contributed by atoms with Crippen molar-refractivity contribution in [2.24, 2.45) is 0 Å². The van der Waals surface area contributed by atoms with Gasteiger partial charge in [-0.25, -0.2) is 4.39 Å². The Morgan fingerprint density at radius 1 is 1.25 bits per heavy atom. The summed E-state index contributed by atoms with van der Waals surface area (Å²) in [4.78, 5) is 0. The lowest BCUT2D eigenvalue weighted by Gasteiger charge is -2.16. The van der Waals surface area contributed by atoms with Crippen molar-refractivity contribution in [2.75, 3.05) is 7.05 Å². The van der Waals surface area contributed by atoms with E-state index in [9.17, 15) is 4.39 Å². The van der Waals surface area contributed by atoms with Crippen molar-refractivity contribution in [1.82, 2.24) is 5.32 Å². The third kappa shape index (κ3) is 2.12. The highest BCUT2D eigenvalue weighted by molar-refractivity contribution is 5.35. The number of rotatable bonds is 2. The van der Waals surface area contributed by atoms with Crippen LogP contribution in [0.3, 0.4) is 0 Å². The van der Waals surface area contributed by atoms with Crippen molar-refractivity contribution >= 4 is 0 Å². The minimum Gasteiger partial charge on any atom is -0.317 e. The molecule has 0 amide bonds. The highest BCUT2D eigenvalue weighted by Gasteiger charge is 2.27. The molecule has 1 aliphatic rings. The van der Waals surface area contributed by atoms with Crippen LogP contribution in [0.2, 0.25) is 0 Å². The number of halogens is 1. The minimum atomic E-state index is -0.0146. The molecule has 0 bridgehead atoms. The van der Waals surface area contributed by atoms with Crippen LogP contribution >= 0.6 is 0 Å². The largest absolute Gasteiger partial charge is 0.317 e. The monoisotopic (exact) mass is 221 g/mol. The molecule has 0 aliphatic heterocycles. The maximum atomic E-state index is 14.0. The van der Waals surface area contributed by atoms with Crippen molar-refractivity contribution in [2.45, 2.75) is 45.1 Å². The first-order valence-electron chi connectivity index (χ1n) is 6.05. The van der Waals surface area contributed by atoms with Gasteiger partial charge in [0.25, 0.3) is 0 Å². The van der Waals surface area contributed by atoms with Gasteiger partial charge < -0.3 is 5.32 Å². The normalized spacial score (nSPS) is 25.0. The van der Waals surface area contributed by atoms with Crippen LogP contribution in [0, 0.1) is 19.7 Å². The van der Waals surface area contributed by atoms with Crippen molar-refractivity contribution in [1.29, 1.82) is 0 Å². The fourth-order valence-electron chi connectivity index (χ4n) is 2.95. The summed E-state index contributed by atoms with van der Waals surface area (Å²) in [5.74, 6) is 0.386. The van der Waals surface area contributed by atoms with Crippen LogP contribution < -0.4 is 5.32 Å². The van der Waals surface area contributed by atoms with Crippen molar-refractivity contribution in [3.8, 4) is 0 Å². The number of aryl methyl sites for hydroxylation is 2. The standard InChI is InChI=1S/C14H20FN/c1-9-6-10(2)14(13(15)7-9)11-4-5-12(8-11)16-3/h6-7,11-12,16H,4-5,8H2,1-3H3. The van der Waals surface area contributed by atoms with E-state index in [1.165, 1.54) is 0 Å². The predicted octanol–water partition coefficient (Wildman–Crippen LogP) is 3.30. The molecule has 2 heteroatoms. The zero-order valence-corrected chi connectivity index (χ0v) is 10.3. The van der Waals surface area contributed by atoms with E-state index in [1.807, 2.05) is 20.9 Å². The van der Waals surface area contributed by atoms with E-state index in [0.29, 0.717) is 12.0 Å². The van der Waals surface area contributed by atoms with Gasteiger partial charge in [0, 0.05) is 6.04 Å². The summed E-state index contributed by atoms with van der Waals surface area (Å²) >= 11 is 0. The molecule has 1 fully saturated rings. The molecule has 0 aromatic heterocycles. The predicted molar refractivity (Wildman–Crippen MR) is 65.3 cm³/mol. The first kappa shape index (κ1) is 11.6. The fourth-order valence-corrected chi connectivity index (χ4v) is 2.95. The van der Waals surface area contributed by atoms with Gasteiger partial charge in [-0.15, -0.1) is 0 Å². The molecule has 2 rings (SSSR count). The molecule has 1 aromatic carbocycles. The fraction of sp³-hybridized carbons (Fsp3) is 0.571. The Hall–Kier alpha value is -0.890. The molecule has 0 radical (unpaired) electrons. The number of hydrogen-bond acceptors (Lipinski definition) is 1. The first-order chi connectivity index (χ1) is 7.61. The van der Waals surface area contributed by atoms with E-state index in [-0.39, 0.29) is 5.82 Å². The van der Waals surface area contributed by atoms with E-state index in [2.05, 4.69) is 11.4 Å². The van der Waals surface area contributed by atoms with E-state index < -0.39 is 0 Å². The molecular weight excluding hydrogens is 201 g/mol. The second kappa shape index (κ2) is 4.54. The molecule has 1 nitrogen and oxygen atoms in total. The van der Waals surface area contributed by atoms with Gasteiger partial charge in [0.2, 0.25) is 0 Å². The summed E-state index contributed by atoms with van der Waals surface area (Å²) in [7, 11) is 1.99. The Kier molecular flexibility index (Phi) is 3.29. The molecule has 0 saturated heterocycles. The zero-order chi connectivity index (χ0) is 11.7. The second-order valence-electron chi connectivity index (χ2n) is 4.97. The Morgan fingerprint density at radius 2 is 2.00 bits per heavy atom. The van der Waals surface area contributed by atoms with Crippen LogP contribution in [0.25, 0.3) is 0 Å². The molecule has 0 heterocycles. The SMILES string of the molecule is CNC1CCC(c2c(C)cc(C)cc2F)C1. The third-order valence-corrected chi connectivity index (χ3v) is 3.73. The molecular formula is C14H20FN. The highest BCUT2D eigenvalue weighted by atomic mass is 19.1. The quantitative estimate of drug-likeness (QED) is 0.808. The lowest BCUT2D eigenvalue weighted by atomic mass is 9.91. The van der Waals surface area contributed by atoms with E-state index in [4.69, 9.17) is 0 Å². The maximum Gasteiger partial charge on any atom is 0.127 e. The average molecular weight is 221 g/mol. The molecule has 2 atom stereocenters. The maximum absolute atomic E-state index is 14.0. The summed E-state index contributed by atoms with van der Waals surface area (Å²) < 4.78 is 14.0. The Morgan fingerprint density at radius 3 is 2.56 bits per heavy atom. The molecule has 1 saturated carbocycles. The second-order valence-corrected chi connectivity index (χ2v) is 4.97. The third-order valence-electron chi connectivity index (χ3n) is 3.73. The number of benzene rings is 1. The van der Waals surface area contributed by atoms with Crippen LogP contribution in [-0.2, 0) is 0 Å². The van der Waals surface area contributed by atoms with Gasteiger partial charge in [-0.3, -0.25) is 0 Å². The Labute approximate surface area is 97.1 Å². The van der Waals surface area contributed by atoms with Crippen molar-refractivity contribution in [3.05, 3.63) is 34.6 Å². The van der Waals surface area contributed by atoms with Crippen molar-refractivity contribution < 1.29 is 4.39 Å². The molecule has 88 valence electrons. The van der Waals surface area contributed by atoms with Gasteiger partial charge in [-0.1, -0.05) is 6.07 Å². The zero-order valence-electron chi connectivity index (χ0n) is 10.3. The van der Waals surface area contributed by atoms with Crippen LogP contribution in [0.4, 0.5) is 4.39 Å². The van der Waals surface area contributed by atoms with Gasteiger partial charge in [0.15, 0.2) is 0 Å². The number of nitrogens with one attached hydrogen (secondary N) is 1. The summed E-state index contributed by atoms with van der Waals surface area (Å²) in [5, 5.41) is 3.29. The van der Waals surface area contributed by atoms with Crippen LogP contribution in [0.1, 0.15) is 41.9 Å². The summed E-state index contributed by atoms with van der Waals surface area (Å²) in [6.07, 6.45) is 3.33. The molecule has 1 aromatic rings. The van der Waals surface area contributed by atoms with Gasteiger partial charge in [0.05, 0.1) is 0 Å². The highest BCUT2D eigenvalue weighted by Crippen LogP contribution is 2.37. The average Bonchev–Trinajstić information content (AvgIpc) is 2.64. The van der Waals surface area contributed by atoms with Crippen LogP contribution in [0.15, 0.2) is 12.1 Å². The molecule has 16 heavy (non-hydrogen) atoms. The van der Waals surface area contributed by atoms with Crippen LogP contribution in [0.5, 0.6) is 0 Å². The summed E-state index contributed by atoms with van der Waals surface area (Å²) in [6.45, 7) is 3.98. The van der Waals surface area contributed by atoms with E-state index in [0.717, 1.165) is 36.0 Å². The molecule has 2 unspecified atom stereocenters. The Bertz CT molecular complexity index is 363. The van der Waals surface area contributed by atoms with Gasteiger partial charge in [-0.05, 0) is 68.8 Å². The smallest absolute Gasteiger partial charge is 0.127 e. The Balaban J connectivity index is 2.28. The summed E-state index contributed by atoms with van der Waals surface area (Å²) in [6, 6.07) is 4.31. The first-order valence-corrected chi connectivity index (χ1v) is 6.05. The molecule has 1 aliphatic carbocycles.